The van der Waals surface area contributed by atoms with E-state index in [1.165, 1.54) is 0 Å². The first kappa shape index (κ1) is 16.6. The zero-order valence-corrected chi connectivity index (χ0v) is 15.3. The van der Waals surface area contributed by atoms with Gasteiger partial charge in [-0.2, -0.15) is 0 Å². The Bertz CT molecular complexity index is 998. The van der Waals surface area contributed by atoms with Gasteiger partial charge in [-0.3, -0.25) is 4.79 Å². The largest absolute Gasteiger partial charge is 0.340 e. The van der Waals surface area contributed by atoms with Gasteiger partial charge < -0.3 is 5.32 Å². The third kappa shape index (κ3) is 3.14. The predicted octanol–water partition coefficient (Wildman–Crippen LogP) is 5.73. The molecule has 2 nitrogen and oxygen atoms in total. The zero-order valence-electron chi connectivity index (χ0n) is 14.5. The summed E-state index contributed by atoms with van der Waals surface area (Å²) in [6.45, 7) is 2.02. The molecule has 0 spiro atoms. The molecule has 0 bridgehead atoms. The molecule has 0 saturated carbocycles. The van der Waals surface area contributed by atoms with Crippen molar-refractivity contribution in [3.63, 3.8) is 0 Å². The SMILES string of the molecule is Cc1c(C(=O)NC(c2ccccc2)c2ccccc2)sc2ccccc12. The normalized spacial score (nSPS) is 11.0. The summed E-state index contributed by atoms with van der Waals surface area (Å²) in [4.78, 5) is 13.9. The molecule has 0 radical (unpaired) electrons. The molecule has 0 aliphatic rings. The van der Waals surface area contributed by atoms with Crippen LogP contribution in [0.15, 0.2) is 84.9 Å². The maximum absolute atomic E-state index is 13.1. The average Bonchev–Trinajstić information content (AvgIpc) is 3.04. The summed E-state index contributed by atoms with van der Waals surface area (Å²) in [5.74, 6) is -0.0265. The highest BCUT2D eigenvalue weighted by molar-refractivity contribution is 7.21. The van der Waals surface area contributed by atoms with Crippen LogP contribution in [0.1, 0.15) is 32.4 Å². The molecule has 0 aliphatic carbocycles. The van der Waals surface area contributed by atoms with Gasteiger partial charge in [-0.15, -0.1) is 11.3 Å². The van der Waals surface area contributed by atoms with Crippen LogP contribution in [-0.4, -0.2) is 5.91 Å². The maximum Gasteiger partial charge on any atom is 0.262 e. The van der Waals surface area contributed by atoms with E-state index in [1.807, 2.05) is 55.5 Å². The van der Waals surface area contributed by atoms with Crippen molar-refractivity contribution in [1.82, 2.24) is 5.32 Å². The molecule has 0 aliphatic heterocycles. The molecule has 0 unspecified atom stereocenters. The third-order valence-electron chi connectivity index (χ3n) is 4.59. The van der Waals surface area contributed by atoms with Crippen molar-refractivity contribution in [2.45, 2.75) is 13.0 Å². The first-order valence-corrected chi connectivity index (χ1v) is 9.44. The molecule has 0 saturated heterocycles. The first-order chi connectivity index (χ1) is 12.7. The molecule has 4 aromatic rings. The third-order valence-corrected chi connectivity index (χ3v) is 5.86. The lowest BCUT2D eigenvalue weighted by Crippen LogP contribution is -2.29. The Morgan fingerprint density at radius 2 is 1.35 bits per heavy atom. The van der Waals surface area contributed by atoms with Gasteiger partial charge in [-0.05, 0) is 35.1 Å². The fourth-order valence-corrected chi connectivity index (χ4v) is 4.35. The van der Waals surface area contributed by atoms with Crippen LogP contribution < -0.4 is 5.32 Å². The first-order valence-electron chi connectivity index (χ1n) is 8.63. The summed E-state index contributed by atoms with van der Waals surface area (Å²) in [5.41, 5.74) is 3.19. The van der Waals surface area contributed by atoms with Gasteiger partial charge in [0.15, 0.2) is 0 Å². The second-order valence-electron chi connectivity index (χ2n) is 6.28. The van der Waals surface area contributed by atoms with Crippen molar-refractivity contribution >= 4 is 27.3 Å². The summed E-state index contributed by atoms with van der Waals surface area (Å²) >= 11 is 1.55. The van der Waals surface area contributed by atoms with E-state index in [0.717, 1.165) is 31.7 Å². The number of carbonyl (C=O) groups is 1. The van der Waals surface area contributed by atoms with E-state index in [9.17, 15) is 4.79 Å². The Morgan fingerprint density at radius 3 is 1.92 bits per heavy atom. The second kappa shape index (κ2) is 7.14. The molecule has 0 fully saturated rings. The van der Waals surface area contributed by atoms with Gasteiger partial charge in [0.05, 0.1) is 10.9 Å². The Morgan fingerprint density at radius 1 is 0.808 bits per heavy atom. The van der Waals surface area contributed by atoms with E-state index in [-0.39, 0.29) is 11.9 Å². The van der Waals surface area contributed by atoms with Crippen molar-refractivity contribution in [1.29, 1.82) is 0 Å². The monoisotopic (exact) mass is 357 g/mol. The number of aryl methyl sites for hydroxylation is 1. The number of hydrogen-bond donors (Lipinski definition) is 1. The summed E-state index contributed by atoms with van der Waals surface area (Å²) in [6.07, 6.45) is 0. The molecule has 4 rings (SSSR count). The van der Waals surface area contributed by atoms with Crippen LogP contribution in [-0.2, 0) is 0 Å². The van der Waals surface area contributed by atoms with E-state index in [0.29, 0.717) is 0 Å². The van der Waals surface area contributed by atoms with Gasteiger partial charge in [0.25, 0.3) is 5.91 Å². The highest BCUT2D eigenvalue weighted by Gasteiger charge is 2.21. The number of nitrogens with one attached hydrogen (secondary N) is 1. The lowest BCUT2D eigenvalue weighted by Gasteiger charge is -2.19. The Labute approximate surface area is 157 Å². The number of benzene rings is 3. The number of fused-ring (bicyclic) bond motifs is 1. The average molecular weight is 357 g/mol. The van der Waals surface area contributed by atoms with Crippen molar-refractivity contribution < 1.29 is 4.79 Å². The van der Waals surface area contributed by atoms with E-state index < -0.39 is 0 Å². The fourth-order valence-electron chi connectivity index (χ4n) is 3.24. The van der Waals surface area contributed by atoms with Gasteiger partial charge in [0, 0.05) is 4.70 Å². The fraction of sp³-hybridized carbons (Fsp3) is 0.0870. The van der Waals surface area contributed by atoms with Crippen LogP contribution in [0.25, 0.3) is 10.1 Å². The van der Waals surface area contributed by atoms with Crippen LogP contribution in [0, 0.1) is 6.92 Å². The van der Waals surface area contributed by atoms with Crippen molar-refractivity contribution in [2.75, 3.05) is 0 Å². The molecule has 1 amide bonds. The van der Waals surface area contributed by atoms with Crippen molar-refractivity contribution in [3.8, 4) is 0 Å². The number of rotatable bonds is 4. The second-order valence-corrected chi connectivity index (χ2v) is 7.33. The molecule has 1 heterocycles. The number of hydrogen-bond acceptors (Lipinski definition) is 2. The number of carbonyl (C=O) groups excluding carboxylic acids is 1. The van der Waals surface area contributed by atoms with Crippen LogP contribution in [0.4, 0.5) is 0 Å². The number of thiophene rings is 1. The molecule has 26 heavy (non-hydrogen) atoms. The lowest BCUT2D eigenvalue weighted by atomic mass is 9.98. The van der Waals surface area contributed by atoms with Crippen molar-refractivity contribution in [2.24, 2.45) is 0 Å². The topological polar surface area (TPSA) is 29.1 Å². The molecule has 3 aromatic carbocycles. The van der Waals surface area contributed by atoms with E-state index >= 15 is 0 Å². The van der Waals surface area contributed by atoms with Gasteiger partial charge in [0.1, 0.15) is 0 Å². The zero-order chi connectivity index (χ0) is 17.9. The smallest absolute Gasteiger partial charge is 0.262 e. The molecule has 128 valence electrons. The maximum atomic E-state index is 13.1. The Hall–Kier alpha value is -2.91. The number of amides is 1. The molecule has 1 N–H and O–H groups in total. The Balaban J connectivity index is 1.71. The summed E-state index contributed by atoms with van der Waals surface area (Å²) in [7, 11) is 0. The molecular formula is C23H19NOS. The highest BCUT2D eigenvalue weighted by atomic mass is 32.1. The van der Waals surface area contributed by atoms with E-state index in [1.54, 1.807) is 11.3 Å². The summed E-state index contributed by atoms with van der Waals surface area (Å²) in [6, 6.07) is 28.2. The summed E-state index contributed by atoms with van der Waals surface area (Å²) in [5, 5.41) is 4.39. The van der Waals surface area contributed by atoms with E-state index in [4.69, 9.17) is 0 Å². The van der Waals surface area contributed by atoms with Crippen molar-refractivity contribution in [3.05, 3.63) is 106 Å². The van der Waals surface area contributed by atoms with Crippen LogP contribution in [0.3, 0.4) is 0 Å². The summed E-state index contributed by atoms with van der Waals surface area (Å²) < 4.78 is 1.14. The quantitative estimate of drug-likeness (QED) is 0.496. The minimum Gasteiger partial charge on any atom is -0.340 e. The van der Waals surface area contributed by atoms with Crippen LogP contribution in [0.5, 0.6) is 0 Å². The standard InChI is InChI=1S/C23H19NOS/c1-16-19-14-8-9-15-20(19)26-22(16)23(25)24-21(17-10-4-2-5-11-17)18-12-6-3-7-13-18/h2-15,21H,1H3,(H,24,25). The lowest BCUT2D eigenvalue weighted by molar-refractivity contribution is 0.0946. The van der Waals surface area contributed by atoms with Gasteiger partial charge in [0.2, 0.25) is 0 Å². The molecule has 0 atom stereocenters. The van der Waals surface area contributed by atoms with Gasteiger partial charge >= 0.3 is 0 Å². The van der Waals surface area contributed by atoms with Gasteiger partial charge in [-0.1, -0.05) is 78.9 Å². The Kier molecular flexibility index (Phi) is 4.55. The minimum absolute atomic E-state index is 0.0265. The van der Waals surface area contributed by atoms with Gasteiger partial charge in [-0.25, -0.2) is 0 Å². The predicted molar refractivity (Wildman–Crippen MR) is 109 cm³/mol. The van der Waals surface area contributed by atoms with Crippen LogP contribution >= 0.6 is 11.3 Å². The molecular weight excluding hydrogens is 338 g/mol. The van der Waals surface area contributed by atoms with Crippen LogP contribution in [0.2, 0.25) is 0 Å². The molecule has 1 aromatic heterocycles. The molecule has 3 heteroatoms. The highest BCUT2D eigenvalue weighted by Crippen LogP contribution is 2.31. The van der Waals surface area contributed by atoms with E-state index in [2.05, 4.69) is 41.7 Å². The minimum atomic E-state index is -0.172.